The number of aliphatic hydroxyl groups excluding tert-OH is 4. The van der Waals surface area contributed by atoms with Gasteiger partial charge >= 0.3 is 27.4 Å². The summed E-state index contributed by atoms with van der Waals surface area (Å²) in [5, 5.41) is 77.8. The van der Waals surface area contributed by atoms with Crippen molar-refractivity contribution >= 4 is 50.1 Å². The molecule has 0 bridgehead atoms. The summed E-state index contributed by atoms with van der Waals surface area (Å²) in [7, 11) is -8.72. The smallest absolute Gasteiger partial charge is 0.459 e. The Hall–Kier alpha value is -7.22. The standard InChI is InChI=1S/C43H67N6O9P.C40H63N6O9P/c1-5-6-7-8-9-10-11-12-13-14-15-16-17-21-27-53-28-22-29-54-42(51)33(2)48-59(52,58-35-23-19-18-20-24-35)55-31-34(30-44)39-40(57-43(3,4)56-39)38(50)36-25-26-37-41(45)46-32-47-49(36)37;1-3-4-5-6-7-8-9-10-11-12-13-14-15-19-25-52-26-20-27-53-40(50)31(2)45-56(51,55-33-21-17-16-18-22-33)54-29-32(28-41)36(47)38(49)37(48)34-23-24-35-39(42)43-30-44-46(34)35/h18-20,23-26,32-34,38-40,50H,5-17,21-22,27-29,31H2,1-4H3,(H,48,52)(H2,45,46,47);16-18,21-24,30-32,36-38,47-49H,3-15,19-20,25-27,29H2,1-2H3,(H,45,51)(H2,42,43,44)/t33-,34-,38-,39+,40-,59?;31-,32-,36+,37-,38+,56?/m00/s1. The van der Waals surface area contributed by atoms with Gasteiger partial charge in [-0.2, -0.15) is 30.9 Å². The minimum absolute atomic E-state index is 0.0851. The fourth-order valence-electron chi connectivity index (χ4n) is 13.2. The maximum Gasteiger partial charge on any atom is 0.459 e. The highest BCUT2D eigenvalue weighted by Gasteiger charge is 2.50. The van der Waals surface area contributed by atoms with Crippen LogP contribution in [0.5, 0.6) is 11.5 Å². The Morgan fingerprint density at radius 2 is 0.878 bits per heavy atom. The van der Waals surface area contributed by atoms with Gasteiger partial charge in [0.1, 0.15) is 83.9 Å². The molecule has 640 valence electrons. The molecule has 12 atom stereocenters. The minimum Gasteiger partial charge on any atom is -0.464 e. The molecule has 1 aliphatic heterocycles. The van der Waals surface area contributed by atoms with Crippen LogP contribution in [0.15, 0.2) is 97.6 Å². The molecular weight excluding hydrogens is 1510 g/mol. The van der Waals surface area contributed by atoms with Crippen molar-refractivity contribution in [2.75, 3.05) is 64.3 Å². The first-order valence-corrected chi connectivity index (χ1v) is 44.7. The fourth-order valence-corrected chi connectivity index (χ4v) is 16.3. The van der Waals surface area contributed by atoms with E-state index in [-0.39, 0.29) is 42.0 Å². The van der Waals surface area contributed by atoms with Gasteiger partial charge in [-0.1, -0.05) is 217 Å². The molecule has 1 aliphatic rings. The number of aromatic nitrogens is 6. The molecule has 5 heterocycles. The normalized spacial score (nSPS) is 17.1. The number of unbranched alkanes of at least 4 members (excludes halogenated alkanes) is 26. The molecule has 7 rings (SSSR count). The largest absolute Gasteiger partial charge is 0.464 e. The fraction of sp³-hybridized carbons (Fsp3) is 0.663. The molecule has 0 radical (unpaired) electrons. The Bertz CT molecular complexity index is 3870. The Labute approximate surface area is 679 Å². The molecule has 2 aromatic carbocycles. The number of aliphatic hydroxyl groups is 4. The van der Waals surface area contributed by atoms with E-state index in [1.165, 1.54) is 208 Å². The Balaban J connectivity index is 0.000000358. The summed E-state index contributed by atoms with van der Waals surface area (Å²) >= 11 is 0. The van der Waals surface area contributed by atoms with Gasteiger partial charge < -0.3 is 69.4 Å². The third-order valence-corrected chi connectivity index (χ3v) is 23.0. The highest BCUT2D eigenvalue weighted by molar-refractivity contribution is 7.52. The van der Waals surface area contributed by atoms with Gasteiger partial charge in [0.15, 0.2) is 17.4 Å². The lowest BCUT2D eigenvalue weighted by molar-refractivity contribution is -0.157. The molecule has 30 nitrogen and oxygen atoms in total. The van der Waals surface area contributed by atoms with Gasteiger partial charge in [-0.05, 0) is 89.1 Å². The number of nitrogens with two attached hydrogens (primary N) is 2. The van der Waals surface area contributed by atoms with Gasteiger partial charge in [-0.15, -0.1) is 0 Å². The molecule has 0 saturated carbocycles. The number of rotatable bonds is 61. The van der Waals surface area contributed by atoms with E-state index in [9.17, 15) is 49.7 Å². The zero-order valence-electron chi connectivity index (χ0n) is 68.5. The van der Waals surface area contributed by atoms with Crippen LogP contribution in [0.1, 0.15) is 258 Å². The second-order valence-corrected chi connectivity index (χ2v) is 33.3. The van der Waals surface area contributed by atoms with Gasteiger partial charge in [0, 0.05) is 39.3 Å². The van der Waals surface area contributed by atoms with Crippen LogP contribution in [0.25, 0.3) is 11.0 Å². The second kappa shape index (κ2) is 54.0. The Morgan fingerprint density at radius 1 is 0.504 bits per heavy atom. The van der Waals surface area contributed by atoms with Crippen molar-refractivity contribution < 1.29 is 85.7 Å². The summed E-state index contributed by atoms with van der Waals surface area (Å²) in [6.45, 7) is 12.0. The van der Waals surface area contributed by atoms with Gasteiger partial charge in [0.2, 0.25) is 0 Å². The average Bonchev–Trinajstić information content (AvgIpc) is 1.62. The van der Waals surface area contributed by atoms with Crippen LogP contribution in [0.2, 0.25) is 0 Å². The summed E-state index contributed by atoms with van der Waals surface area (Å²) < 4.78 is 88.2. The highest BCUT2D eigenvalue weighted by atomic mass is 31.2. The zero-order valence-corrected chi connectivity index (χ0v) is 70.3. The van der Waals surface area contributed by atoms with Crippen molar-refractivity contribution in [3.63, 3.8) is 0 Å². The van der Waals surface area contributed by atoms with E-state index >= 15 is 0 Å². The molecule has 0 aliphatic carbocycles. The number of ether oxygens (including phenoxy) is 6. The van der Waals surface area contributed by atoms with Crippen LogP contribution in [-0.2, 0) is 56.2 Å². The lowest BCUT2D eigenvalue weighted by atomic mass is 9.95. The van der Waals surface area contributed by atoms with E-state index in [0.29, 0.717) is 56.0 Å². The number of benzene rings is 2. The monoisotopic (exact) mass is 1640 g/mol. The van der Waals surface area contributed by atoms with Crippen molar-refractivity contribution in [3.05, 3.63) is 109 Å². The third-order valence-electron chi connectivity index (χ3n) is 19.8. The van der Waals surface area contributed by atoms with E-state index in [0.717, 1.165) is 32.0 Å². The first kappa shape index (κ1) is 96.6. The molecule has 6 aromatic rings. The van der Waals surface area contributed by atoms with Gasteiger partial charge in [0.25, 0.3) is 0 Å². The molecule has 32 heteroatoms. The summed E-state index contributed by atoms with van der Waals surface area (Å²) in [6.07, 6.45) is 30.9. The minimum atomic E-state index is -4.39. The lowest BCUT2D eigenvalue weighted by Gasteiger charge is -2.27. The number of carbonyl (C=O) groups excluding carboxylic acids is 2. The third kappa shape index (κ3) is 35.1. The first-order valence-electron chi connectivity index (χ1n) is 41.6. The number of nitriles is 2. The SMILES string of the molecule is CCCCCCCCCCCCCCCCOCCCOC(=O)[C@H](C)NP(=O)(OC[C@H](C#N)[C@@H](O)[C@@H](O)[C@@H](O)c1ccc2c(N)ncnn12)Oc1ccccc1.CCCCCCCCCCCCCCCCOCCCOC(=O)[C@H](C)NP(=O)(OC[C@H](C#N)[C@H]1OC(C)(C)O[C@H]1[C@@H](O)c1ccc2c(N)ncnn12)Oc1ccccc1. The predicted octanol–water partition coefficient (Wildman–Crippen LogP) is 15.4. The number of nitrogens with one attached hydrogen (secondary N) is 2. The molecule has 2 unspecified atom stereocenters. The number of esters is 2. The number of hydrogen-bond donors (Lipinski definition) is 8. The average molecular weight is 1650 g/mol. The number of fused-ring (bicyclic) bond motifs is 2. The molecule has 0 amide bonds. The van der Waals surface area contributed by atoms with Crippen LogP contribution in [0, 0.1) is 34.5 Å². The van der Waals surface area contributed by atoms with Gasteiger partial charge in [-0.3, -0.25) is 18.6 Å². The van der Waals surface area contributed by atoms with Crippen LogP contribution < -0.4 is 30.7 Å². The Kier molecular flexibility index (Phi) is 45.3. The van der Waals surface area contributed by atoms with E-state index in [1.807, 2.05) is 6.07 Å². The van der Waals surface area contributed by atoms with Crippen LogP contribution in [-0.4, -0.2) is 157 Å². The van der Waals surface area contributed by atoms with Crippen LogP contribution in [0.4, 0.5) is 11.6 Å². The van der Waals surface area contributed by atoms with Crippen LogP contribution >= 0.6 is 15.5 Å². The summed E-state index contributed by atoms with van der Waals surface area (Å²) in [5.74, 6) is -4.44. The quantitative estimate of drug-likeness (QED) is 0.00998. The predicted molar refractivity (Wildman–Crippen MR) is 439 cm³/mol. The summed E-state index contributed by atoms with van der Waals surface area (Å²) in [6, 6.07) is 24.3. The number of hydrogen-bond acceptors (Lipinski definition) is 26. The number of anilines is 2. The van der Waals surface area contributed by atoms with Crippen molar-refractivity contribution in [1.29, 1.82) is 10.5 Å². The van der Waals surface area contributed by atoms with Crippen molar-refractivity contribution in [2.24, 2.45) is 11.8 Å². The number of nitrogens with zero attached hydrogens (tertiary/aromatic N) is 8. The number of nitrogen functional groups attached to an aromatic ring is 2. The topological polar surface area (TPSA) is 426 Å². The molecule has 10 N–H and O–H groups in total. The van der Waals surface area contributed by atoms with E-state index in [4.69, 9.17) is 58.0 Å². The zero-order chi connectivity index (χ0) is 83.1. The molecule has 1 saturated heterocycles. The second-order valence-electron chi connectivity index (χ2n) is 29.9. The highest BCUT2D eigenvalue weighted by Crippen LogP contribution is 2.48. The first-order chi connectivity index (χ1) is 55.6. The Morgan fingerprint density at radius 3 is 1.29 bits per heavy atom. The molecule has 4 aromatic heterocycles. The molecule has 1 fully saturated rings. The summed E-state index contributed by atoms with van der Waals surface area (Å²) in [4.78, 5) is 33.7. The maximum absolute atomic E-state index is 14.2. The van der Waals surface area contributed by atoms with E-state index < -0.39 is 107 Å². The maximum atomic E-state index is 14.2. The number of para-hydroxylation sites is 2. The van der Waals surface area contributed by atoms with Crippen molar-refractivity contribution in [1.82, 2.24) is 39.4 Å². The van der Waals surface area contributed by atoms with Crippen molar-refractivity contribution in [3.8, 4) is 23.6 Å². The molecule has 115 heavy (non-hydrogen) atoms. The molecule has 0 spiro atoms. The van der Waals surface area contributed by atoms with Crippen LogP contribution in [0.3, 0.4) is 0 Å². The lowest BCUT2D eigenvalue weighted by Crippen LogP contribution is -2.40. The van der Waals surface area contributed by atoms with E-state index in [2.05, 4.69) is 50.3 Å². The summed E-state index contributed by atoms with van der Waals surface area (Å²) in [5.41, 5.74) is 13.1. The van der Waals surface area contributed by atoms with E-state index in [1.54, 1.807) is 74.5 Å². The van der Waals surface area contributed by atoms with Gasteiger partial charge in [0.05, 0.1) is 61.8 Å². The number of carbonyl (C=O) groups is 2. The van der Waals surface area contributed by atoms with Gasteiger partial charge in [-0.25, -0.2) is 28.1 Å². The molecular formula is C83H130N12O18P2. The van der Waals surface area contributed by atoms with Crippen molar-refractivity contribution in [2.45, 2.75) is 289 Å².